The van der Waals surface area contributed by atoms with E-state index in [-0.39, 0.29) is 16.3 Å². The fourth-order valence-corrected chi connectivity index (χ4v) is 2.08. The Kier molecular flexibility index (Phi) is 2.21. The fourth-order valence-electron chi connectivity index (χ4n) is 1.10. The smallest absolute Gasteiger partial charge is 0.175 e. The summed E-state index contributed by atoms with van der Waals surface area (Å²) >= 11 is 0. The van der Waals surface area contributed by atoms with Crippen LogP contribution in [0, 0.1) is 6.92 Å². The van der Waals surface area contributed by atoms with Crippen LogP contribution >= 0.6 is 0 Å². The van der Waals surface area contributed by atoms with Gasteiger partial charge in [-0.2, -0.15) is 0 Å². The highest BCUT2D eigenvalue weighted by Crippen LogP contribution is 2.28. The van der Waals surface area contributed by atoms with Crippen molar-refractivity contribution in [3.8, 4) is 5.75 Å². The van der Waals surface area contributed by atoms with Gasteiger partial charge in [0.25, 0.3) is 0 Å². The SMILES string of the molecule is Cc1c(S(C)(=O)=O)ccc(O)c1N. The predicted octanol–water partition coefficient (Wildman–Crippen LogP) is 0.686. The molecule has 0 bridgehead atoms. The monoisotopic (exact) mass is 201 g/mol. The maximum Gasteiger partial charge on any atom is 0.175 e. The minimum atomic E-state index is -3.26. The number of rotatable bonds is 1. The lowest BCUT2D eigenvalue weighted by Gasteiger charge is -2.07. The number of phenolic OH excluding ortho intramolecular Hbond substituents is 1. The van der Waals surface area contributed by atoms with Crippen molar-refractivity contribution < 1.29 is 13.5 Å². The van der Waals surface area contributed by atoms with Crippen LogP contribution in [-0.2, 0) is 9.84 Å². The molecule has 0 radical (unpaired) electrons. The van der Waals surface area contributed by atoms with Gasteiger partial charge in [0.05, 0.1) is 10.6 Å². The molecule has 0 aliphatic heterocycles. The Labute approximate surface area is 76.9 Å². The van der Waals surface area contributed by atoms with Crippen LogP contribution in [0.1, 0.15) is 5.56 Å². The standard InChI is InChI=1S/C8H11NO3S/c1-5-7(13(2,11)12)4-3-6(10)8(5)9/h3-4,10H,9H2,1-2H3. The zero-order valence-electron chi connectivity index (χ0n) is 7.40. The third kappa shape index (κ3) is 1.75. The first kappa shape index (κ1) is 9.85. The Morgan fingerprint density at radius 2 is 1.92 bits per heavy atom. The highest BCUT2D eigenvalue weighted by Gasteiger charge is 2.14. The van der Waals surface area contributed by atoms with Gasteiger partial charge < -0.3 is 10.8 Å². The second-order valence-corrected chi connectivity index (χ2v) is 4.88. The molecule has 0 saturated carbocycles. The van der Waals surface area contributed by atoms with E-state index >= 15 is 0 Å². The summed E-state index contributed by atoms with van der Waals surface area (Å²) in [5.41, 5.74) is 5.97. The highest BCUT2D eigenvalue weighted by atomic mass is 32.2. The molecule has 0 aromatic heterocycles. The molecule has 5 heteroatoms. The van der Waals surface area contributed by atoms with Gasteiger partial charge >= 0.3 is 0 Å². The van der Waals surface area contributed by atoms with Gasteiger partial charge in [-0.15, -0.1) is 0 Å². The molecule has 0 spiro atoms. The summed E-state index contributed by atoms with van der Waals surface area (Å²) in [6.07, 6.45) is 1.10. The van der Waals surface area contributed by atoms with Gasteiger partial charge in [0.15, 0.2) is 9.84 Å². The summed E-state index contributed by atoms with van der Waals surface area (Å²) in [5, 5.41) is 9.17. The van der Waals surface area contributed by atoms with Gasteiger partial charge in [0, 0.05) is 6.26 Å². The number of sulfone groups is 1. The van der Waals surface area contributed by atoms with E-state index in [1.54, 1.807) is 6.92 Å². The fraction of sp³-hybridized carbons (Fsp3) is 0.250. The third-order valence-electron chi connectivity index (χ3n) is 1.84. The van der Waals surface area contributed by atoms with E-state index in [2.05, 4.69) is 0 Å². The maximum absolute atomic E-state index is 11.2. The average Bonchev–Trinajstić information content (AvgIpc) is 1.98. The van der Waals surface area contributed by atoms with E-state index < -0.39 is 9.84 Å². The molecular formula is C8H11NO3S. The first-order valence-electron chi connectivity index (χ1n) is 3.62. The molecular weight excluding hydrogens is 190 g/mol. The van der Waals surface area contributed by atoms with Crippen LogP contribution in [0.2, 0.25) is 0 Å². The summed E-state index contributed by atoms with van der Waals surface area (Å²) in [4.78, 5) is 0.155. The largest absolute Gasteiger partial charge is 0.506 e. The van der Waals surface area contributed by atoms with Crippen molar-refractivity contribution in [1.29, 1.82) is 0 Å². The van der Waals surface area contributed by atoms with Crippen LogP contribution in [-0.4, -0.2) is 19.8 Å². The molecule has 0 amide bonds. The summed E-state index contributed by atoms with van der Waals surface area (Å²) in [6.45, 7) is 1.56. The van der Waals surface area contributed by atoms with E-state index in [4.69, 9.17) is 5.73 Å². The molecule has 0 fully saturated rings. The number of nitrogens with two attached hydrogens (primary N) is 1. The zero-order valence-corrected chi connectivity index (χ0v) is 8.22. The number of nitrogen functional groups attached to an aromatic ring is 1. The quantitative estimate of drug-likeness (QED) is 0.517. The third-order valence-corrected chi connectivity index (χ3v) is 3.08. The first-order valence-corrected chi connectivity index (χ1v) is 5.51. The van der Waals surface area contributed by atoms with E-state index in [0.29, 0.717) is 5.56 Å². The van der Waals surface area contributed by atoms with E-state index in [9.17, 15) is 13.5 Å². The number of anilines is 1. The number of hydrogen-bond donors (Lipinski definition) is 2. The van der Waals surface area contributed by atoms with Crippen LogP contribution in [0.4, 0.5) is 5.69 Å². The predicted molar refractivity (Wildman–Crippen MR) is 50.4 cm³/mol. The number of phenols is 1. The normalized spacial score (nSPS) is 11.5. The second kappa shape index (κ2) is 2.92. The number of benzene rings is 1. The van der Waals surface area contributed by atoms with Crippen molar-refractivity contribution in [2.24, 2.45) is 0 Å². The topological polar surface area (TPSA) is 80.4 Å². The molecule has 0 heterocycles. The van der Waals surface area contributed by atoms with Gasteiger partial charge in [0.1, 0.15) is 5.75 Å². The number of aromatic hydroxyl groups is 1. The molecule has 1 aromatic carbocycles. The van der Waals surface area contributed by atoms with E-state index in [1.807, 2.05) is 0 Å². The lowest BCUT2D eigenvalue weighted by Crippen LogP contribution is -2.02. The minimum Gasteiger partial charge on any atom is -0.506 e. The Morgan fingerprint density at radius 3 is 2.38 bits per heavy atom. The molecule has 72 valence electrons. The summed E-state index contributed by atoms with van der Waals surface area (Å²) in [7, 11) is -3.26. The first-order chi connectivity index (χ1) is 5.84. The van der Waals surface area contributed by atoms with Crippen LogP contribution in [0.5, 0.6) is 5.75 Å². The molecule has 1 rings (SSSR count). The van der Waals surface area contributed by atoms with Crippen LogP contribution < -0.4 is 5.73 Å². The van der Waals surface area contributed by atoms with Gasteiger partial charge in [0.2, 0.25) is 0 Å². The zero-order chi connectivity index (χ0) is 10.2. The molecule has 3 N–H and O–H groups in total. The molecule has 4 nitrogen and oxygen atoms in total. The van der Waals surface area contributed by atoms with Crippen LogP contribution in [0.15, 0.2) is 17.0 Å². The summed E-state index contributed by atoms with van der Waals surface area (Å²) < 4.78 is 22.4. The Hall–Kier alpha value is -1.23. The molecule has 0 unspecified atom stereocenters. The van der Waals surface area contributed by atoms with Gasteiger partial charge in [-0.25, -0.2) is 8.42 Å². The van der Waals surface area contributed by atoms with Crippen LogP contribution in [0.25, 0.3) is 0 Å². The van der Waals surface area contributed by atoms with E-state index in [1.165, 1.54) is 12.1 Å². The van der Waals surface area contributed by atoms with E-state index in [0.717, 1.165) is 6.26 Å². The second-order valence-electron chi connectivity index (χ2n) is 2.89. The molecule has 0 saturated heterocycles. The lowest BCUT2D eigenvalue weighted by atomic mass is 10.2. The molecule has 0 atom stereocenters. The Balaban J connectivity index is 3.53. The highest BCUT2D eigenvalue weighted by molar-refractivity contribution is 7.90. The van der Waals surface area contributed by atoms with Crippen molar-refractivity contribution in [2.45, 2.75) is 11.8 Å². The van der Waals surface area contributed by atoms with Gasteiger partial charge in [-0.1, -0.05) is 0 Å². The minimum absolute atomic E-state index is 0.0927. The summed E-state index contributed by atoms with van der Waals surface area (Å²) in [6, 6.07) is 2.62. The van der Waals surface area contributed by atoms with Crippen molar-refractivity contribution in [3.05, 3.63) is 17.7 Å². The Morgan fingerprint density at radius 1 is 1.38 bits per heavy atom. The van der Waals surface area contributed by atoms with Crippen LogP contribution in [0.3, 0.4) is 0 Å². The van der Waals surface area contributed by atoms with Crippen molar-refractivity contribution >= 4 is 15.5 Å². The van der Waals surface area contributed by atoms with Gasteiger partial charge in [-0.3, -0.25) is 0 Å². The molecule has 1 aromatic rings. The van der Waals surface area contributed by atoms with Crippen molar-refractivity contribution in [1.82, 2.24) is 0 Å². The molecule has 0 aliphatic carbocycles. The van der Waals surface area contributed by atoms with Crippen molar-refractivity contribution in [2.75, 3.05) is 12.0 Å². The molecule has 0 aliphatic rings. The summed E-state index contributed by atoms with van der Waals surface area (Å²) in [5.74, 6) is -0.0927. The van der Waals surface area contributed by atoms with Crippen molar-refractivity contribution in [3.63, 3.8) is 0 Å². The average molecular weight is 201 g/mol. The lowest BCUT2D eigenvalue weighted by molar-refractivity contribution is 0.477. The molecule has 13 heavy (non-hydrogen) atoms. The van der Waals surface area contributed by atoms with Gasteiger partial charge in [-0.05, 0) is 24.6 Å². The maximum atomic E-state index is 11.2. The number of hydrogen-bond acceptors (Lipinski definition) is 4. The Bertz CT molecular complexity index is 437.